The highest BCUT2D eigenvalue weighted by molar-refractivity contribution is 5.66. The van der Waals surface area contributed by atoms with Crippen molar-refractivity contribution < 1.29 is 20.1 Å². The second-order valence-corrected chi connectivity index (χ2v) is 7.27. The number of carboxylic acids is 1. The minimum Gasteiger partial charge on any atom is -0.481 e. The van der Waals surface area contributed by atoms with Gasteiger partial charge in [-0.1, -0.05) is 57.6 Å². The van der Waals surface area contributed by atoms with Crippen molar-refractivity contribution in [3.8, 4) is 0 Å². The molecule has 0 aromatic carbocycles. The van der Waals surface area contributed by atoms with E-state index in [2.05, 4.69) is 13.0 Å². The predicted octanol–water partition coefficient (Wildman–Crippen LogP) is 4.30. The van der Waals surface area contributed by atoms with Crippen molar-refractivity contribution in [1.82, 2.24) is 0 Å². The maximum Gasteiger partial charge on any atom is 0.303 e. The molecule has 0 aromatic heterocycles. The Morgan fingerprint density at radius 3 is 2.54 bits per heavy atom. The second kappa shape index (κ2) is 12.5. The van der Waals surface area contributed by atoms with Gasteiger partial charge in [0.1, 0.15) is 0 Å². The van der Waals surface area contributed by atoms with Gasteiger partial charge in [-0.25, -0.2) is 0 Å². The lowest BCUT2D eigenvalue weighted by molar-refractivity contribution is -0.137. The number of aliphatic hydroxyl groups excluding tert-OH is 2. The van der Waals surface area contributed by atoms with Crippen molar-refractivity contribution in [3.63, 3.8) is 0 Å². The summed E-state index contributed by atoms with van der Waals surface area (Å²) in [4.78, 5) is 10.4. The summed E-state index contributed by atoms with van der Waals surface area (Å²) in [6.07, 6.45) is 14.7. The van der Waals surface area contributed by atoms with E-state index >= 15 is 0 Å². The van der Waals surface area contributed by atoms with E-state index in [0.717, 1.165) is 70.6 Å². The van der Waals surface area contributed by atoms with Crippen LogP contribution in [0.3, 0.4) is 0 Å². The van der Waals surface area contributed by atoms with Crippen molar-refractivity contribution in [1.29, 1.82) is 0 Å². The number of aliphatic hydroxyl groups is 2. The molecule has 4 heteroatoms. The topological polar surface area (TPSA) is 77.8 Å². The van der Waals surface area contributed by atoms with Crippen LogP contribution in [0.15, 0.2) is 12.2 Å². The quantitative estimate of drug-likeness (QED) is 0.345. The third kappa shape index (κ3) is 8.84. The number of carbonyl (C=O) groups is 1. The van der Waals surface area contributed by atoms with Crippen LogP contribution in [0.4, 0.5) is 0 Å². The van der Waals surface area contributed by atoms with E-state index in [1.807, 2.05) is 6.08 Å². The lowest BCUT2D eigenvalue weighted by atomic mass is 9.88. The van der Waals surface area contributed by atoms with Crippen molar-refractivity contribution in [2.45, 2.75) is 96.2 Å². The number of carboxylic acid groups (broad SMARTS) is 1. The first-order valence-electron chi connectivity index (χ1n) is 9.80. The van der Waals surface area contributed by atoms with Crippen LogP contribution in [0.5, 0.6) is 0 Å². The zero-order chi connectivity index (χ0) is 17.8. The molecule has 1 fully saturated rings. The molecule has 4 nitrogen and oxygen atoms in total. The van der Waals surface area contributed by atoms with Gasteiger partial charge in [0, 0.05) is 6.42 Å². The number of allylic oxidation sites excluding steroid dienone is 1. The zero-order valence-electron chi connectivity index (χ0n) is 15.2. The molecule has 4 atom stereocenters. The van der Waals surface area contributed by atoms with E-state index in [0.29, 0.717) is 11.8 Å². The molecule has 1 saturated carbocycles. The van der Waals surface area contributed by atoms with Gasteiger partial charge in [0.25, 0.3) is 0 Å². The van der Waals surface area contributed by atoms with Crippen LogP contribution in [0.1, 0.15) is 84.0 Å². The largest absolute Gasteiger partial charge is 0.481 e. The Kier molecular flexibility index (Phi) is 11.0. The number of unbranched alkanes of at least 4 members (excludes halogenated alkanes) is 5. The van der Waals surface area contributed by atoms with E-state index in [-0.39, 0.29) is 18.6 Å². The van der Waals surface area contributed by atoms with Crippen molar-refractivity contribution in [2.24, 2.45) is 11.8 Å². The molecular weight excluding hydrogens is 304 g/mol. The molecule has 0 spiro atoms. The zero-order valence-corrected chi connectivity index (χ0v) is 15.2. The first-order valence-corrected chi connectivity index (χ1v) is 9.80. The summed E-state index contributed by atoms with van der Waals surface area (Å²) in [7, 11) is 0. The standard InChI is InChI=1S/C20H36O4/c1-2-3-9-17(21)14-12-16-13-15-19(22)18(16)10-7-5-4-6-8-11-20(23)24/h12,14,16-19,21-22H,2-11,13,15H2,1H3,(H,23,24)/b14-12+. The Morgan fingerprint density at radius 1 is 1.12 bits per heavy atom. The Hall–Kier alpha value is -0.870. The number of rotatable bonds is 13. The molecule has 4 unspecified atom stereocenters. The van der Waals surface area contributed by atoms with Crippen LogP contribution in [0.25, 0.3) is 0 Å². The van der Waals surface area contributed by atoms with Gasteiger partial charge in [-0.15, -0.1) is 0 Å². The maximum atomic E-state index is 10.4. The molecule has 0 heterocycles. The molecule has 1 aliphatic rings. The summed E-state index contributed by atoms with van der Waals surface area (Å²) in [5, 5.41) is 28.7. The third-order valence-corrected chi connectivity index (χ3v) is 5.20. The highest BCUT2D eigenvalue weighted by atomic mass is 16.4. The fourth-order valence-electron chi connectivity index (χ4n) is 3.69. The first kappa shape index (κ1) is 21.2. The molecule has 0 amide bonds. The minimum absolute atomic E-state index is 0.209. The number of hydrogen-bond donors (Lipinski definition) is 3. The monoisotopic (exact) mass is 340 g/mol. The molecule has 0 radical (unpaired) electrons. The molecule has 0 aliphatic heterocycles. The summed E-state index contributed by atoms with van der Waals surface area (Å²) in [5.41, 5.74) is 0. The number of hydrogen-bond acceptors (Lipinski definition) is 3. The molecule has 0 saturated heterocycles. The summed E-state index contributed by atoms with van der Waals surface area (Å²) in [5.74, 6) is 0.00163. The van der Waals surface area contributed by atoms with E-state index < -0.39 is 5.97 Å². The highest BCUT2D eigenvalue weighted by Crippen LogP contribution is 2.36. The predicted molar refractivity (Wildman–Crippen MR) is 96.8 cm³/mol. The van der Waals surface area contributed by atoms with Gasteiger partial charge in [-0.3, -0.25) is 4.79 Å². The van der Waals surface area contributed by atoms with Crippen LogP contribution in [0.2, 0.25) is 0 Å². The highest BCUT2D eigenvalue weighted by Gasteiger charge is 2.32. The Bertz CT molecular complexity index is 367. The van der Waals surface area contributed by atoms with Crippen molar-refractivity contribution >= 4 is 5.97 Å². The molecule has 1 rings (SSSR count). The SMILES string of the molecule is CCCCC(O)/C=C/C1CCC(O)C1CCCCCCCC(=O)O. The molecule has 140 valence electrons. The molecule has 1 aliphatic carbocycles. The van der Waals surface area contributed by atoms with Crippen LogP contribution < -0.4 is 0 Å². The fourth-order valence-corrected chi connectivity index (χ4v) is 3.69. The van der Waals surface area contributed by atoms with Crippen LogP contribution in [0, 0.1) is 11.8 Å². The average molecular weight is 341 g/mol. The van der Waals surface area contributed by atoms with Crippen LogP contribution in [-0.4, -0.2) is 33.5 Å². The lowest BCUT2D eigenvalue weighted by Crippen LogP contribution is -2.18. The minimum atomic E-state index is -0.708. The van der Waals surface area contributed by atoms with E-state index in [1.54, 1.807) is 0 Å². The van der Waals surface area contributed by atoms with Gasteiger partial charge in [-0.2, -0.15) is 0 Å². The first-order chi connectivity index (χ1) is 11.5. The second-order valence-electron chi connectivity index (χ2n) is 7.27. The average Bonchev–Trinajstić information content (AvgIpc) is 2.90. The fraction of sp³-hybridized carbons (Fsp3) is 0.850. The van der Waals surface area contributed by atoms with E-state index in [9.17, 15) is 15.0 Å². The van der Waals surface area contributed by atoms with Crippen molar-refractivity contribution in [3.05, 3.63) is 12.2 Å². The van der Waals surface area contributed by atoms with Gasteiger partial charge in [0.15, 0.2) is 0 Å². The van der Waals surface area contributed by atoms with Gasteiger partial charge >= 0.3 is 5.97 Å². The Balaban J connectivity index is 2.23. The summed E-state index contributed by atoms with van der Waals surface area (Å²) < 4.78 is 0. The Morgan fingerprint density at radius 2 is 1.83 bits per heavy atom. The van der Waals surface area contributed by atoms with Crippen molar-refractivity contribution in [2.75, 3.05) is 0 Å². The molecular formula is C20H36O4. The summed E-state index contributed by atoms with van der Waals surface area (Å²) in [6, 6.07) is 0. The summed E-state index contributed by atoms with van der Waals surface area (Å²) in [6.45, 7) is 2.13. The van der Waals surface area contributed by atoms with Crippen LogP contribution in [-0.2, 0) is 4.79 Å². The number of aliphatic carboxylic acids is 1. The summed E-state index contributed by atoms with van der Waals surface area (Å²) >= 11 is 0. The van der Waals surface area contributed by atoms with Gasteiger partial charge < -0.3 is 15.3 Å². The molecule has 0 bridgehead atoms. The van der Waals surface area contributed by atoms with Gasteiger partial charge in [0.05, 0.1) is 12.2 Å². The maximum absolute atomic E-state index is 10.4. The normalized spacial score (nSPS) is 25.4. The third-order valence-electron chi connectivity index (χ3n) is 5.20. The Labute approximate surface area is 147 Å². The molecule has 24 heavy (non-hydrogen) atoms. The molecule has 3 N–H and O–H groups in total. The van der Waals surface area contributed by atoms with Crippen LogP contribution >= 0.6 is 0 Å². The molecule has 0 aromatic rings. The smallest absolute Gasteiger partial charge is 0.303 e. The van der Waals surface area contributed by atoms with Gasteiger partial charge in [-0.05, 0) is 43.9 Å². The lowest BCUT2D eigenvalue weighted by Gasteiger charge is -2.20. The van der Waals surface area contributed by atoms with E-state index in [1.165, 1.54) is 0 Å². The van der Waals surface area contributed by atoms with E-state index in [4.69, 9.17) is 5.11 Å². The van der Waals surface area contributed by atoms with Gasteiger partial charge in [0.2, 0.25) is 0 Å².